The van der Waals surface area contributed by atoms with E-state index in [-0.39, 0.29) is 10.8 Å². The number of pyridine rings is 1. The molecule has 0 atom stereocenters. The summed E-state index contributed by atoms with van der Waals surface area (Å²) in [5.74, 6) is -0.252. The smallest absolute Gasteiger partial charge is 0.377 e. The number of carbonyl (C=O) groups excluding carboxylic acids is 1. The third-order valence-electron chi connectivity index (χ3n) is 2.36. The zero-order chi connectivity index (χ0) is 14.0. The van der Waals surface area contributed by atoms with Crippen LogP contribution in [0.3, 0.4) is 0 Å². The lowest BCUT2D eigenvalue weighted by atomic mass is 10.2. The van der Waals surface area contributed by atoms with Gasteiger partial charge in [0.25, 0.3) is 5.82 Å². The Bertz CT molecular complexity index is 652. The maximum atomic E-state index is 11.3. The van der Waals surface area contributed by atoms with E-state index in [4.69, 9.17) is 18.0 Å². The third-order valence-corrected chi connectivity index (χ3v) is 2.58. The van der Waals surface area contributed by atoms with Crippen molar-refractivity contribution in [1.29, 1.82) is 0 Å². The number of aryl methyl sites for hydroxylation is 1. The number of ether oxygens (including phenoxy) is 1. The van der Waals surface area contributed by atoms with Crippen molar-refractivity contribution in [3.63, 3.8) is 0 Å². The Morgan fingerprint density at radius 1 is 1.47 bits per heavy atom. The van der Waals surface area contributed by atoms with Crippen LogP contribution in [0, 0.1) is 6.92 Å². The van der Waals surface area contributed by atoms with E-state index in [0.717, 1.165) is 5.69 Å². The summed E-state index contributed by atoms with van der Waals surface area (Å²) >= 11 is 4.96. The number of hydrogen-bond donors (Lipinski definition) is 1. The van der Waals surface area contributed by atoms with Crippen LogP contribution in [0.1, 0.15) is 21.9 Å². The lowest BCUT2D eigenvalue weighted by Crippen LogP contribution is -2.16. The van der Waals surface area contributed by atoms with Gasteiger partial charge in [0.2, 0.25) is 0 Å². The molecule has 2 rings (SSSR count). The average molecular weight is 277 g/mol. The summed E-state index contributed by atoms with van der Waals surface area (Å²) in [7, 11) is 1.26. The molecule has 98 valence electrons. The molecule has 0 aliphatic carbocycles. The fraction of sp³-hybridized carbons (Fsp3) is 0.182. The monoisotopic (exact) mass is 277 g/mol. The first-order valence-electron chi connectivity index (χ1n) is 5.30. The molecule has 8 heteroatoms. The minimum Gasteiger partial charge on any atom is -0.463 e. The van der Waals surface area contributed by atoms with Crippen LogP contribution in [0.4, 0.5) is 0 Å². The second-order valence-electron chi connectivity index (χ2n) is 3.69. The van der Waals surface area contributed by atoms with E-state index in [2.05, 4.69) is 19.8 Å². The summed E-state index contributed by atoms with van der Waals surface area (Å²) in [6, 6.07) is 3.54. The van der Waals surface area contributed by atoms with Crippen molar-refractivity contribution < 1.29 is 9.53 Å². The molecule has 0 aliphatic rings. The molecule has 0 unspecified atom stereocenters. The summed E-state index contributed by atoms with van der Waals surface area (Å²) in [5.41, 5.74) is 6.96. The molecule has 0 aliphatic heterocycles. The molecule has 7 nitrogen and oxygen atoms in total. The molecule has 2 heterocycles. The molecule has 0 radical (unpaired) electrons. The number of nitrogens with zero attached hydrogens (tertiary/aromatic N) is 4. The topological polar surface area (TPSA) is 95.9 Å². The van der Waals surface area contributed by atoms with Crippen LogP contribution >= 0.6 is 12.2 Å². The van der Waals surface area contributed by atoms with E-state index in [9.17, 15) is 4.79 Å². The maximum Gasteiger partial charge on any atom is 0.377 e. The van der Waals surface area contributed by atoms with Crippen LogP contribution in [0.15, 0.2) is 18.5 Å². The molecule has 0 bridgehead atoms. The first kappa shape index (κ1) is 13.1. The molecule has 2 N–H and O–H groups in total. The van der Waals surface area contributed by atoms with Crippen molar-refractivity contribution in [1.82, 2.24) is 19.7 Å². The molecule has 0 saturated carbocycles. The Kier molecular flexibility index (Phi) is 3.52. The molecule has 19 heavy (non-hydrogen) atoms. The quantitative estimate of drug-likeness (QED) is 0.640. The minimum absolute atomic E-state index is 0.0558. The summed E-state index contributed by atoms with van der Waals surface area (Å²) in [6.45, 7) is 1.82. The highest BCUT2D eigenvalue weighted by molar-refractivity contribution is 7.80. The van der Waals surface area contributed by atoms with Gasteiger partial charge in [-0.3, -0.25) is 0 Å². The third kappa shape index (κ3) is 2.58. The molecule has 2 aromatic rings. The van der Waals surface area contributed by atoms with Crippen LogP contribution in [0.25, 0.3) is 5.82 Å². The maximum absolute atomic E-state index is 11.3. The molecule has 0 spiro atoms. The van der Waals surface area contributed by atoms with E-state index in [0.29, 0.717) is 11.4 Å². The first-order chi connectivity index (χ1) is 9.02. The second-order valence-corrected chi connectivity index (χ2v) is 4.13. The zero-order valence-electron chi connectivity index (χ0n) is 10.3. The second kappa shape index (κ2) is 5.11. The van der Waals surface area contributed by atoms with Gasteiger partial charge in [0.05, 0.1) is 12.7 Å². The number of methoxy groups -OCH3 is 1. The van der Waals surface area contributed by atoms with Crippen LogP contribution in [-0.4, -0.2) is 37.8 Å². The highest BCUT2D eigenvalue weighted by Crippen LogP contribution is 2.12. The van der Waals surface area contributed by atoms with E-state index in [1.165, 1.54) is 18.1 Å². The highest BCUT2D eigenvalue weighted by atomic mass is 32.1. The number of aromatic nitrogens is 4. The number of hydrogen-bond acceptors (Lipinski definition) is 6. The average Bonchev–Trinajstić information content (AvgIpc) is 2.86. The molecule has 0 saturated heterocycles. The Hall–Kier alpha value is -2.35. The number of thiocarbonyl (C=S) groups is 1. The van der Waals surface area contributed by atoms with E-state index in [1.54, 1.807) is 12.1 Å². The van der Waals surface area contributed by atoms with Crippen molar-refractivity contribution in [2.24, 2.45) is 5.73 Å². The van der Waals surface area contributed by atoms with E-state index < -0.39 is 5.97 Å². The summed E-state index contributed by atoms with van der Waals surface area (Å²) < 4.78 is 5.88. The van der Waals surface area contributed by atoms with Crippen LogP contribution in [0.5, 0.6) is 0 Å². The van der Waals surface area contributed by atoms with Gasteiger partial charge in [-0.15, -0.1) is 5.10 Å². The summed E-state index contributed by atoms with van der Waals surface area (Å²) in [5, 5.41) is 3.99. The number of esters is 1. The minimum atomic E-state index is -0.622. The number of rotatable bonds is 3. The lowest BCUT2D eigenvalue weighted by Gasteiger charge is -2.07. The Morgan fingerprint density at radius 2 is 2.21 bits per heavy atom. The first-order valence-corrected chi connectivity index (χ1v) is 5.71. The fourth-order valence-corrected chi connectivity index (χ4v) is 1.62. The number of nitrogens with two attached hydrogens (primary N) is 1. The molecular weight excluding hydrogens is 266 g/mol. The van der Waals surface area contributed by atoms with E-state index in [1.807, 2.05) is 6.92 Å². The van der Waals surface area contributed by atoms with Gasteiger partial charge in [-0.2, -0.15) is 0 Å². The standard InChI is InChI=1S/C11H11N5O2S/c1-6-3-4-7(8(12)19)10(14-6)16-5-13-9(15-16)11(17)18-2/h3-5H,1-2H3,(H2,12,19). The van der Waals surface area contributed by atoms with Crippen LogP contribution < -0.4 is 5.73 Å². The van der Waals surface area contributed by atoms with Gasteiger partial charge in [0, 0.05) is 5.69 Å². The van der Waals surface area contributed by atoms with Crippen LogP contribution in [-0.2, 0) is 4.74 Å². The molecule has 0 amide bonds. The highest BCUT2D eigenvalue weighted by Gasteiger charge is 2.15. The van der Waals surface area contributed by atoms with Gasteiger partial charge >= 0.3 is 5.97 Å². The van der Waals surface area contributed by atoms with Crippen molar-refractivity contribution in [2.45, 2.75) is 6.92 Å². The van der Waals surface area contributed by atoms with Gasteiger partial charge in [-0.05, 0) is 19.1 Å². The van der Waals surface area contributed by atoms with Gasteiger partial charge in [-0.1, -0.05) is 12.2 Å². The molecule has 2 aromatic heterocycles. The van der Waals surface area contributed by atoms with Crippen molar-refractivity contribution in [3.8, 4) is 5.82 Å². The van der Waals surface area contributed by atoms with Gasteiger partial charge in [0.15, 0.2) is 5.82 Å². The SMILES string of the molecule is COC(=O)c1ncn(-c2nc(C)ccc2C(N)=S)n1. The predicted octanol–water partition coefficient (Wildman–Crippen LogP) is 0.392. The zero-order valence-corrected chi connectivity index (χ0v) is 11.1. The van der Waals surface area contributed by atoms with Crippen LogP contribution in [0.2, 0.25) is 0 Å². The van der Waals surface area contributed by atoms with Crippen molar-refractivity contribution >= 4 is 23.2 Å². The summed E-state index contributed by atoms with van der Waals surface area (Å²) in [4.78, 5) is 19.7. The van der Waals surface area contributed by atoms with Crippen molar-refractivity contribution in [3.05, 3.63) is 35.5 Å². The van der Waals surface area contributed by atoms with Gasteiger partial charge < -0.3 is 10.5 Å². The normalized spacial score (nSPS) is 10.2. The Morgan fingerprint density at radius 3 is 2.84 bits per heavy atom. The largest absolute Gasteiger partial charge is 0.463 e. The van der Waals surface area contributed by atoms with Gasteiger partial charge in [-0.25, -0.2) is 19.4 Å². The van der Waals surface area contributed by atoms with Crippen molar-refractivity contribution in [2.75, 3.05) is 7.11 Å². The number of carbonyl (C=O) groups is 1. The molecule has 0 fully saturated rings. The Balaban J connectivity index is 2.52. The molecule has 0 aromatic carbocycles. The summed E-state index contributed by atoms with van der Waals surface area (Å²) in [6.07, 6.45) is 1.36. The fourth-order valence-electron chi connectivity index (χ4n) is 1.46. The van der Waals surface area contributed by atoms with E-state index >= 15 is 0 Å². The Labute approximate surface area is 114 Å². The predicted molar refractivity (Wildman–Crippen MR) is 71.1 cm³/mol. The lowest BCUT2D eigenvalue weighted by molar-refractivity contribution is 0.0587. The molecular formula is C11H11N5O2S. The van der Waals surface area contributed by atoms with Gasteiger partial charge in [0.1, 0.15) is 11.3 Å².